The number of guanidine groups is 1. The van der Waals surface area contributed by atoms with E-state index in [9.17, 15) is 8.42 Å². The van der Waals surface area contributed by atoms with E-state index in [1.807, 2.05) is 18.2 Å². The zero-order valence-electron chi connectivity index (χ0n) is 14.4. The maximum Gasteiger partial charge on any atom is 0.229 e. The van der Waals surface area contributed by atoms with E-state index in [0.717, 1.165) is 36.8 Å². The Bertz CT molecular complexity index is 656. The van der Waals surface area contributed by atoms with Crippen LogP contribution in [0, 0.1) is 5.92 Å². The number of rotatable bonds is 4. The Labute approximate surface area is 162 Å². The second kappa shape index (κ2) is 9.45. The highest BCUT2D eigenvalue weighted by molar-refractivity contribution is 14.0. The molecule has 1 heterocycles. The first-order chi connectivity index (χ1) is 10.9. The highest BCUT2D eigenvalue weighted by Gasteiger charge is 2.18. The Balaban J connectivity index is 0.00000288. The Hall–Kier alpha value is -1.03. The van der Waals surface area contributed by atoms with Crippen molar-refractivity contribution >= 4 is 45.6 Å². The largest absolute Gasteiger partial charge is 0.352 e. The molecule has 0 amide bonds. The first-order valence-electron chi connectivity index (χ1n) is 7.90. The summed E-state index contributed by atoms with van der Waals surface area (Å²) in [5, 5.41) is 3.34. The highest BCUT2D eigenvalue weighted by atomic mass is 127. The summed E-state index contributed by atoms with van der Waals surface area (Å²) in [6, 6.07) is 7.39. The minimum atomic E-state index is -3.29. The van der Waals surface area contributed by atoms with E-state index in [2.05, 4.69) is 26.9 Å². The number of benzene rings is 1. The van der Waals surface area contributed by atoms with Gasteiger partial charge in [0.15, 0.2) is 5.96 Å². The lowest BCUT2D eigenvalue weighted by Crippen LogP contribution is -2.45. The lowest BCUT2D eigenvalue weighted by Gasteiger charge is -2.33. The lowest BCUT2D eigenvalue weighted by atomic mass is 9.99. The smallest absolute Gasteiger partial charge is 0.229 e. The predicted octanol–water partition coefficient (Wildman–Crippen LogP) is 2.48. The number of nitrogens with zero attached hydrogens (tertiary/aromatic N) is 2. The number of hydrogen-bond acceptors (Lipinski definition) is 3. The zero-order chi connectivity index (χ0) is 16.9. The molecule has 1 aliphatic rings. The van der Waals surface area contributed by atoms with Crippen LogP contribution in [0.2, 0.25) is 0 Å². The first-order valence-corrected chi connectivity index (χ1v) is 9.79. The summed E-state index contributed by atoms with van der Waals surface area (Å²) in [5.41, 5.74) is 1.50. The molecule has 0 aliphatic carbocycles. The van der Waals surface area contributed by atoms with E-state index in [4.69, 9.17) is 0 Å². The van der Waals surface area contributed by atoms with E-state index in [0.29, 0.717) is 12.2 Å². The van der Waals surface area contributed by atoms with Crippen molar-refractivity contribution in [2.24, 2.45) is 10.9 Å². The van der Waals surface area contributed by atoms with Crippen LogP contribution in [0.3, 0.4) is 0 Å². The summed E-state index contributed by atoms with van der Waals surface area (Å²) in [6.07, 6.45) is 3.50. The van der Waals surface area contributed by atoms with Gasteiger partial charge in [0.05, 0.1) is 11.9 Å². The average molecular weight is 466 g/mol. The van der Waals surface area contributed by atoms with Crippen molar-refractivity contribution in [1.29, 1.82) is 0 Å². The summed E-state index contributed by atoms with van der Waals surface area (Å²) in [7, 11) is -1.51. The van der Waals surface area contributed by atoms with E-state index in [1.165, 1.54) is 12.8 Å². The molecule has 0 unspecified atom stereocenters. The van der Waals surface area contributed by atoms with E-state index < -0.39 is 10.0 Å². The quantitative estimate of drug-likeness (QED) is 0.406. The van der Waals surface area contributed by atoms with Crippen molar-refractivity contribution < 1.29 is 8.42 Å². The molecule has 2 rings (SSSR count). The van der Waals surface area contributed by atoms with Crippen LogP contribution in [-0.4, -0.2) is 45.7 Å². The summed E-state index contributed by atoms with van der Waals surface area (Å²) >= 11 is 0. The van der Waals surface area contributed by atoms with Crippen LogP contribution in [0.5, 0.6) is 0 Å². The lowest BCUT2D eigenvalue weighted by molar-refractivity contribution is 0.273. The van der Waals surface area contributed by atoms with Gasteiger partial charge in [-0.15, -0.1) is 24.0 Å². The number of para-hydroxylation sites is 1. The van der Waals surface area contributed by atoms with Gasteiger partial charge in [-0.25, -0.2) is 8.42 Å². The van der Waals surface area contributed by atoms with Gasteiger partial charge < -0.3 is 10.2 Å². The molecule has 0 atom stereocenters. The Morgan fingerprint density at radius 3 is 2.50 bits per heavy atom. The van der Waals surface area contributed by atoms with Gasteiger partial charge in [-0.05, 0) is 30.4 Å². The maximum atomic E-state index is 11.5. The zero-order valence-corrected chi connectivity index (χ0v) is 17.6. The monoisotopic (exact) mass is 466 g/mol. The van der Waals surface area contributed by atoms with Crippen LogP contribution in [-0.2, 0) is 16.6 Å². The number of halogens is 1. The minimum absolute atomic E-state index is 0. The number of sulfonamides is 1. The third-order valence-electron chi connectivity index (χ3n) is 4.04. The van der Waals surface area contributed by atoms with Crippen LogP contribution < -0.4 is 10.0 Å². The van der Waals surface area contributed by atoms with Gasteiger partial charge in [-0.3, -0.25) is 9.71 Å². The number of aliphatic imine (C=N–C) groups is 1. The molecule has 1 saturated heterocycles. The van der Waals surface area contributed by atoms with Crippen LogP contribution in [0.25, 0.3) is 0 Å². The highest BCUT2D eigenvalue weighted by Crippen LogP contribution is 2.18. The fourth-order valence-electron chi connectivity index (χ4n) is 2.70. The van der Waals surface area contributed by atoms with Crippen LogP contribution >= 0.6 is 24.0 Å². The van der Waals surface area contributed by atoms with Crippen molar-refractivity contribution in [3.63, 3.8) is 0 Å². The van der Waals surface area contributed by atoms with Gasteiger partial charge in [0.2, 0.25) is 10.0 Å². The fourth-order valence-corrected chi connectivity index (χ4v) is 3.30. The van der Waals surface area contributed by atoms with Crippen molar-refractivity contribution in [2.45, 2.75) is 26.3 Å². The fraction of sp³-hybridized carbons (Fsp3) is 0.562. The number of nitrogens with one attached hydrogen (secondary N) is 2. The first kappa shape index (κ1) is 21.0. The predicted molar refractivity (Wildman–Crippen MR) is 110 cm³/mol. The van der Waals surface area contributed by atoms with Crippen LogP contribution in [0.4, 0.5) is 5.69 Å². The van der Waals surface area contributed by atoms with Gasteiger partial charge in [0.1, 0.15) is 0 Å². The van der Waals surface area contributed by atoms with Crippen molar-refractivity contribution in [3.05, 3.63) is 29.8 Å². The molecule has 136 valence electrons. The average Bonchev–Trinajstić information content (AvgIpc) is 2.49. The van der Waals surface area contributed by atoms with Crippen LogP contribution in [0.1, 0.15) is 25.3 Å². The van der Waals surface area contributed by atoms with Gasteiger partial charge >= 0.3 is 0 Å². The summed E-state index contributed by atoms with van der Waals surface area (Å²) in [5.74, 6) is 1.63. The molecule has 0 saturated carbocycles. The van der Waals surface area contributed by atoms with Crippen molar-refractivity contribution in [2.75, 3.05) is 31.1 Å². The van der Waals surface area contributed by atoms with Gasteiger partial charge in [-0.1, -0.05) is 25.1 Å². The molecular formula is C16H27IN4O2S. The van der Waals surface area contributed by atoms with Gasteiger partial charge in [-0.2, -0.15) is 0 Å². The third kappa shape index (κ3) is 6.46. The van der Waals surface area contributed by atoms with Crippen LogP contribution in [0.15, 0.2) is 29.3 Å². The second-order valence-electron chi connectivity index (χ2n) is 6.10. The summed E-state index contributed by atoms with van der Waals surface area (Å²) < 4.78 is 25.5. The molecule has 24 heavy (non-hydrogen) atoms. The third-order valence-corrected chi connectivity index (χ3v) is 4.64. The number of piperidine rings is 1. The molecule has 0 aromatic heterocycles. The molecule has 0 spiro atoms. The SMILES string of the molecule is CN=C(NCc1ccccc1NS(C)(=O)=O)N1CCC(C)CC1.I. The van der Waals surface area contributed by atoms with E-state index in [1.54, 1.807) is 13.1 Å². The van der Waals surface area contributed by atoms with Gasteiger partial charge in [0.25, 0.3) is 0 Å². The maximum absolute atomic E-state index is 11.5. The standard InChI is InChI=1S/C16H26N4O2S.HI/c1-13-8-10-20(11-9-13)16(17-2)18-12-14-6-4-5-7-15(14)19-23(3,21)22;/h4-7,13,19H,8-12H2,1-3H3,(H,17,18);1H. The second-order valence-corrected chi connectivity index (χ2v) is 7.85. The van der Waals surface area contributed by atoms with Gasteiger partial charge in [0, 0.05) is 26.7 Å². The topological polar surface area (TPSA) is 73.8 Å². The Morgan fingerprint density at radius 1 is 1.29 bits per heavy atom. The van der Waals surface area contributed by atoms with E-state index in [-0.39, 0.29) is 24.0 Å². The minimum Gasteiger partial charge on any atom is -0.352 e. The normalized spacial score (nSPS) is 16.5. The number of anilines is 1. The molecule has 8 heteroatoms. The molecule has 0 bridgehead atoms. The molecule has 1 fully saturated rings. The van der Waals surface area contributed by atoms with Crippen molar-refractivity contribution in [1.82, 2.24) is 10.2 Å². The summed E-state index contributed by atoms with van der Waals surface area (Å²) in [4.78, 5) is 6.61. The molecule has 1 aromatic carbocycles. The number of likely N-dealkylation sites (tertiary alicyclic amines) is 1. The Morgan fingerprint density at radius 2 is 1.92 bits per heavy atom. The molecular weight excluding hydrogens is 439 g/mol. The number of hydrogen-bond donors (Lipinski definition) is 2. The van der Waals surface area contributed by atoms with Crippen molar-refractivity contribution in [3.8, 4) is 0 Å². The Kier molecular flexibility index (Phi) is 8.28. The molecule has 1 aliphatic heterocycles. The molecule has 0 radical (unpaired) electrons. The molecule has 6 nitrogen and oxygen atoms in total. The molecule has 1 aromatic rings. The summed E-state index contributed by atoms with van der Waals surface area (Å²) in [6.45, 7) is 4.81. The molecule has 2 N–H and O–H groups in total. The van der Waals surface area contributed by atoms with E-state index >= 15 is 0 Å².